The van der Waals surface area contributed by atoms with Gasteiger partial charge in [-0.15, -0.1) is 0 Å². The first-order chi connectivity index (χ1) is 15.1. The third-order valence-corrected chi connectivity index (χ3v) is 5.84. The van der Waals surface area contributed by atoms with E-state index in [1.807, 2.05) is 54.6 Å². The molecule has 2 amide bonds. The highest BCUT2D eigenvalue weighted by Crippen LogP contribution is 2.38. The number of methoxy groups -OCH3 is 1. The zero-order valence-electron chi connectivity index (χ0n) is 17.1. The van der Waals surface area contributed by atoms with Crippen LogP contribution in [0.25, 0.3) is 0 Å². The van der Waals surface area contributed by atoms with Crippen LogP contribution in [-0.2, 0) is 24.4 Å². The number of benzene rings is 3. The number of carbonyl (C=O) groups is 2. The van der Waals surface area contributed by atoms with Gasteiger partial charge in [0, 0.05) is 19.0 Å². The van der Waals surface area contributed by atoms with Gasteiger partial charge in [0.05, 0.1) is 18.4 Å². The Balaban J connectivity index is 1.49. The zero-order chi connectivity index (χ0) is 21.4. The molecule has 2 aliphatic rings. The minimum absolute atomic E-state index is 0.194. The van der Waals surface area contributed by atoms with E-state index < -0.39 is 6.04 Å². The third kappa shape index (κ3) is 3.50. The molecule has 2 aliphatic heterocycles. The van der Waals surface area contributed by atoms with Gasteiger partial charge in [0.25, 0.3) is 5.91 Å². The summed E-state index contributed by atoms with van der Waals surface area (Å²) in [5, 5.41) is 2.94. The summed E-state index contributed by atoms with van der Waals surface area (Å²) in [6.45, 7) is 0.753. The van der Waals surface area contributed by atoms with Gasteiger partial charge in [0.2, 0.25) is 5.91 Å². The highest BCUT2D eigenvalue weighted by Gasteiger charge is 2.39. The molecule has 1 unspecified atom stereocenters. The summed E-state index contributed by atoms with van der Waals surface area (Å²) in [4.78, 5) is 28.1. The summed E-state index contributed by atoms with van der Waals surface area (Å²) in [6, 6.07) is 20.5. The van der Waals surface area contributed by atoms with Gasteiger partial charge in [0.15, 0.2) is 11.5 Å². The number of carbonyl (C=O) groups excluding carboxylic acids is 2. The number of rotatable bonds is 4. The fourth-order valence-corrected chi connectivity index (χ4v) is 4.19. The molecule has 0 saturated heterocycles. The van der Waals surface area contributed by atoms with Crippen LogP contribution in [0.3, 0.4) is 0 Å². The maximum Gasteiger partial charge on any atom is 0.257 e. The van der Waals surface area contributed by atoms with Crippen molar-refractivity contribution < 1.29 is 19.1 Å². The maximum absolute atomic E-state index is 13.4. The Hall–Kier alpha value is -3.80. The molecule has 156 valence electrons. The highest BCUT2D eigenvalue weighted by atomic mass is 16.5. The summed E-state index contributed by atoms with van der Waals surface area (Å²) in [5.41, 5.74) is 4.02. The number of nitrogens with one attached hydrogen (secondary N) is 1. The number of hydrogen-bond donors (Lipinski definition) is 1. The number of ether oxygens (including phenoxy) is 2. The lowest BCUT2D eigenvalue weighted by Crippen LogP contribution is -2.48. The van der Waals surface area contributed by atoms with E-state index in [9.17, 15) is 9.59 Å². The number of nitrogens with zero attached hydrogens (tertiary/aromatic N) is 1. The number of hydrogen-bond acceptors (Lipinski definition) is 4. The highest BCUT2D eigenvalue weighted by molar-refractivity contribution is 6.10. The summed E-state index contributed by atoms with van der Waals surface area (Å²) in [7, 11) is 1.54. The Kier molecular flexibility index (Phi) is 4.82. The first-order valence-corrected chi connectivity index (χ1v) is 10.2. The van der Waals surface area contributed by atoms with Gasteiger partial charge in [-0.05, 0) is 22.8 Å². The number of anilines is 1. The molecule has 0 saturated carbocycles. The fourth-order valence-electron chi connectivity index (χ4n) is 4.19. The Morgan fingerprint density at radius 3 is 2.48 bits per heavy atom. The van der Waals surface area contributed by atoms with Gasteiger partial charge in [-0.2, -0.15) is 0 Å². The van der Waals surface area contributed by atoms with Gasteiger partial charge in [-0.3, -0.25) is 9.59 Å². The van der Waals surface area contributed by atoms with E-state index >= 15 is 0 Å². The summed E-state index contributed by atoms with van der Waals surface area (Å²) in [6.07, 6.45) is 0.496. The molecular weight excluding hydrogens is 392 g/mol. The van der Waals surface area contributed by atoms with Crippen LogP contribution >= 0.6 is 0 Å². The molecule has 0 bridgehead atoms. The second-order valence-electron chi connectivity index (χ2n) is 7.73. The molecule has 1 N–H and O–H groups in total. The Morgan fingerprint density at radius 2 is 1.71 bits per heavy atom. The van der Waals surface area contributed by atoms with E-state index in [1.165, 1.54) is 7.11 Å². The quantitative estimate of drug-likeness (QED) is 0.705. The van der Waals surface area contributed by atoms with E-state index in [1.54, 1.807) is 17.0 Å². The van der Waals surface area contributed by atoms with Crippen molar-refractivity contribution in [3.8, 4) is 11.5 Å². The molecule has 3 aromatic rings. The fraction of sp³-hybridized carbons (Fsp3) is 0.200. The Bertz CT molecular complexity index is 1160. The predicted octanol–water partition coefficient (Wildman–Crippen LogP) is 3.79. The topological polar surface area (TPSA) is 67.9 Å². The standard InChI is InChI=1S/C25H22N2O4/c1-30-22-12-19-20(13-23(22)31-15-16-7-3-2-4-8-16)26-24(28)21-11-17-9-5-6-10-18(17)14-27(21)25(19)29/h2-10,12-13,21H,11,14-15H2,1H3,(H,26,28). The van der Waals surface area contributed by atoms with E-state index in [0.29, 0.717) is 42.3 Å². The van der Waals surface area contributed by atoms with Crippen LogP contribution in [0.2, 0.25) is 0 Å². The molecule has 0 spiro atoms. The van der Waals surface area contributed by atoms with Crippen molar-refractivity contribution in [2.24, 2.45) is 0 Å². The van der Waals surface area contributed by atoms with Gasteiger partial charge in [0.1, 0.15) is 12.6 Å². The molecule has 0 fully saturated rings. The smallest absolute Gasteiger partial charge is 0.257 e. The molecule has 0 radical (unpaired) electrons. The van der Waals surface area contributed by atoms with E-state index in [4.69, 9.17) is 9.47 Å². The molecular formula is C25H22N2O4. The average molecular weight is 414 g/mol. The average Bonchev–Trinajstić information content (AvgIpc) is 2.90. The van der Waals surface area contributed by atoms with Crippen molar-refractivity contribution in [3.63, 3.8) is 0 Å². The molecule has 6 nitrogen and oxygen atoms in total. The second-order valence-corrected chi connectivity index (χ2v) is 7.73. The third-order valence-electron chi connectivity index (χ3n) is 5.84. The first-order valence-electron chi connectivity index (χ1n) is 10.2. The monoisotopic (exact) mass is 414 g/mol. The number of fused-ring (bicyclic) bond motifs is 3. The Morgan fingerprint density at radius 1 is 0.968 bits per heavy atom. The van der Waals surface area contributed by atoms with Crippen molar-refractivity contribution >= 4 is 17.5 Å². The van der Waals surface area contributed by atoms with Gasteiger partial charge < -0.3 is 19.7 Å². The van der Waals surface area contributed by atoms with Crippen molar-refractivity contribution in [1.82, 2.24) is 4.90 Å². The molecule has 0 aromatic heterocycles. The van der Waals surface area contributed by atoms with Crippen LogP contribution < -0.4 is 14.8 Å². The van der Waals surface area contributed by atoms with Crippen LogP contribution in [0.5, 0.6) is 11.5 Å². The lowest BCUT2D eigenvalue weighted by molar-refractivity contribution is -0.120. The van der Waals surface area contributed by atoms with Crippen LogP contribution in [0.15, 0.2) is 66.7 Å². The van der Waals surface area contributed by atoms with E-state index in [2.05, 4.69) is 5.32 Å². The van der Waals surface area contributed by atoms with Crippen LogP contribution in [-0.4, -0.2) is 29.9 Å². The SMILES string of the molecule is COc1cc2c(cc1OCc1ccccc1)NC(=O)C1Cc3ccccc3CN1C2=O. The summed E-state index contributed by atoms with van der Waals surface area (Å²) < 4.78 is 11.5. The van der Waals surface area contributed by atoms with E-state index in [0.717, 1.165) is 16.7 Å². The van der Waals surface area contributed by atoms with Crippen molar-refractivity contribution in [2.45, 2.75) is 25.6 Å². The van der Waals surface area contributed by atoms with Crippen LogP contribution in [0.4, 0.5) is 5.69 Å². The Labute approximate surface area is 180 Å². The zero-order valence-corrected chi connectivity index (χ0v) is 17.1. The van der Waals surface area contributed by atoms with Crippen LogP contribution in [0, 0.1) is 0 Å². The lowest BCUT2D eigenvalue weighted by Gasteiger charge is -2.34. The molecule has 6 heteroatoms. The van der Waals surface area contributed by atoms with Crippen molar-refractivity contribution in [1.29, 1.82) is 0 Å². The predicted molar refractivity (Wildman–Crippen MR) is 116 cm³/mol. The minimum Gasteiger partial charge on any atom is -0.493 e. The first kappa shape index (κ1) is 19.2. The van der Waals surface area contributed by atoms with Crippen LogP contribution in [0.1, 0.15) is 27.0 Å². The second kappa shape index (κ2) is 7.80. The molecule has 3 aromatic carbocycles. The largest absolute Gasteiger partial charge is 0.493 e. The molecule has 0 aliphatic carbocycles. The van der Waals surface area contributed by atoms with E-state index in [-0.39, 0.29) is 11.8 Å². The normalized spacial score (nSPS) is 17.1. The molecule has 31 heavy (non-hydrogen) atoms. The molecule has 5 rings (SSSR count). The van der Waals surface area contributed by atoms with Crippen molar-refractivity contribution in [3.05, 3.63) is 89.0 Å². The maximum atomic E-state index is 13.4. The molecule has 1 atom stereocenters. The molecule has 2 heterocycles. The van der Waals surface area contributed by atoms with Gasteiger partial charge in [-0.1, -0.05) is 54.6 Å². The minimum atomic E-state index is -0.547. The van der Waals surface area contributed by atoms with Crippen molar-refractivity contribution in [2.75, 3.05) is 12.4 Å². The van der Waals surface area contributed by atoms with Gasteiger partial charge in [-0.25, -0.2) is 0 Å². The summed E-state index contributed by atoms with van der Waals surface area (Å²) >= 11 is 0. The lowest BCUT2D eigenvalue weighted by atomic mass is 9.93. The number of amides is 2. The summed E-state index contributed by atoms with van der Waals surface area (Å²) in [5.74, 6) is 0.538. The van der Waals surface area contributed by atoms with Gasteiger partial charge >= 0.3 is 0 Å².